The first-order valence-corrected chi connectivity index (χ1v) is 5.20. The minimum Gasteiger partial charge on any atom is -0.352 e. The number of rotatable bonds is 2. The van der Waals surface area contributed by atoms with Crippen LogP contribution in [0.5, 0.6) is 0 Å². The van der Waals surface area contributed by atoms with Gasteiger partial charge in [0.1, 0.15) is 0 Å². The van der Waals surface area contributed by atoms with Crippen LogP contribution in [0.15, 0.2) is 0 Å². The lowest BCUT2D eigenvalue weighted by Crippen LogP contribution is -2.31. The molecule has 13 heavy (non-hydrogen) atoms. The summed E-state index contributed by atoms with van der Waals surface area (Å²) < 4.78 is 11.1. The molecule has 0 atom stereocenters. The second-order valence-electron chi connectivity index (χ2n) is 5.30. The lowest BCUT2D eigenvalue weighted by molar-refractivity contribution is -0.202. The molecule has 0 radical (unpaired) electrons. The van der Waals surface area contributed by atoms with Gasteiger partial charge in [0.25, 0.3) is 0 Å². The van der Waals surface area contributed by atoms with Crippen molar-refractivity contribution in [1.29, 1.82) is 0 Å². The Balaban J connectivity index is 2.16. The third-order valence-electron chi connectivity index (χ3n) is 2.26. The van der Waals surface area contributed by atoms with Gasteiger partial charge in [0.05, 0.1) is 13.2 Å². The summed E-state index contributed by atoms with van der Waals surface area (Å²) in [5.74, 6) is 0.561. The molecule has 0 unspecified atom stereocenters. The first-order chi connectivity index (χ1) is 5.97. The van der Waals surface area contributed by atoms with Crippen LogP contribution in [-0.4, -0.2) is 19.5 Å². The zero-order valence-electron chi connectivity index (χ0n) is 9.30. The van der Waals surface area contributed by atoms with Crippen LogP contribution in [0.1, 0.15) is 40.5 Å². The van der Waals surface area contributed by atoms with Gasteiger partial charge in [-0.3, -0.25) is 0 Å². The van der Waals surface area contributed by atoms with Gasteiger partial charge >= 0.3 is 0 Å². The van der Waals surface area contributed by atoms with Crippen LogP contribution in [0.3, 0.4) is 0 Å². The Bertz CT molecular complexity index is 141. The Labute approximate surface area is 81.6 Å². The van der Waals surface area contributed by atoms with Crippen LogP contribution in [0.4, 0.5) is 0 Å². The van der Waals surface area contributed by atoms with Crippen molar-refractivity contribution >= 4 is 0 Å². The van der Waals surface area contributed by atoms with E-state index >= 15 is 0 Å². The Morgan fingerprint density at radius 2 is 1.69 bits per heavy atom. The van der Waals surface area contributed by atoms with Gasteiger partial charge < -0.3 is 9.47 Å². The van der Waals surface area contributed by atoms with E-state index in [-0.39, 0.29) is 6.29 Å². The van der Waals surface area contributed by atoms with Crippen LogP contribution >= 0.6 is 0 Å². The molecular weight excluding hydrogens is 164 g/mol. The first-order valence-electron chi connectivity index (χ1n) is 5.20. The highest BCUT2D eigenvalue weighted by Crippen LogP contribution is 2.24. The van der Waals surface area contributed by atoms with Gasteiger partial charge in [-0.05, 0) is 18.3 Å². The summed E-state index contributed by atoms with van der Waals surface area (Å²) in [6.07, 6.45) is 2.23. The molecule has 1 fully saturated rings. The van der Waals surface area contributed by atoms with Crippen molar-refractivity contribution in [2.45, 2.75) is 46.8 Å². The summed E-state index contributed by atoms with van der Waals surface area (Å²) in [6.45, 7) is 10.6. The van der Waals surface area contributed by atoms with Crippen molar-refractivity contribution < 1.29 is 9.47 Å². The monoisotopic (exact) mass is 186 g/mol. The van der Waals surface area contributed by atoms with Crippen LogP contribution in [-0.2, 0) is 9.47 Å². The summed E-state index contributed by atoms with van der Waals surface area (Å²) in [7, 11) is 0. The molecule has 1 aliphatic heterocycles. The highest BCUT2D eigenvalue weighted by molar-refractivity contribution is 4.65. The molecule has 0 aromatic rings. The van der Waals surface area contributed by atoms with E-state index in [9.17, 15) is 0 Å². The summed E-state index contributed by atoms with van der Waals surface area (Å²) in [5, 5.41) is 0. The molecule has 0 aromatic carbocycles. The third kappa shape index (κ3) is 4.63. The molecule has 0 N–H and O–H groups in total. The maximum atomic E-state index is 5.56. The van der Waals surface area contributed by atoms with E-state index in [1.165, 1.54) is 0 Å². The van der Waals surface area contributed by atoms with Crippen LogP contribution in [0.2, 0.25) is 0 Å². The maximum Gasteiger partial charge on any atom is 0.157 e. The summed E-state index contributed by atoms with van der Waals surface area (Å²) in [5.41, 5.74) is 0.385. The molecule has 0 bridgehead atoms. The fourth-order valence-corrected chi connectivity index (χ4v) is 1.36. The Morgan fingerprint density at radius 1 is 1.15 bits per heavy atom. The summed E-state index contributed by atoms with van der Waals surface area (Å²) >= 11 is 0. The summed E-state index contributed by atoms with van der Waals surface area (Å²) in [4.78, 5) is 0. The van der Waals surface area contributed by atoms with Gasteiger partial charge in [0, 0.05) is 5.92 Å². The lowest BCUT2D eigenvalue weighted by atomic mass is 9.90. The van der Waals surface area contributed by atoms with Gasteiger partial charge in [0.15, 0.2) is 6.29 Å². The van der Waals surface area contributed by atoms with E-state index in [0.29, 0.717) is 11.3 Å². The zero-order chi connectivity index (χ0) is 9.90. The van der Waals surface area contributed by atoms with E-state index in [1.807, 2.05) is 0 Å². The molecule has 1 saturated heterocycles. The molecule has 78 valence electrons. The van der Waals surface area contributed by atoms with Gasteiger partial charge in [-0.15, -0.1) is 0 Å². The highest BCUT2D eigenvalue weighted by Gasteiger charge is 2.21. The van der Waals surface area contributed by atoms with E-state index in [0.717, 1.165) is 26.1 Å². The minimum atomic E-state index is 0.0513. The molecule has 0 amide bonds. The quantitative estimate of drug-likeness (QED) is 0.660. The van der Waals surface area contributed by atoms with E-state index in [4.69, 9.17) is 9.47 Å². The summed E-state index contributed by atoms with van der Waals surface area (Å²) in [6, 6.07) is 0. The fourth-order valence-electron chi connectivity index (χ4n) is 1.36. The first kappa shape index (κ1) is 11.0. The molecule has 1 rings (SSSR count). The lowest BCUT2D eigenvalue weighted by Gasteiger charge is -2.29. The highest BCUT2D eigenvalue weighted by atomic mass is 16.7. The van der Waals surface area contributed by atoms with Gasteiger partial charge in [-0.2, -0.15) is 0 Å². The van der Waals surface area contributed by atoms with Crippen molar-refractivity contribution in [3.63, 3.8) is 0 Å². The SMILES string of the molecule is CC1COC(CCC(C)(C)C)OC1. The Kier molecular flexibility index (Phi) is 3.74. The second kappa shape index (κ2) is 4.43. The normalized spacial score (nSPS) is 30.5. The second-order valence-corrected chi connectivity index (χ2v) is 5.30. The molecule has 0 saturated carbocycles. The van der Waals surface area contributed by atoms with Gasteiger partial charge in [-0.1, -0.05) is 27.7 Å². The third-order valence-corrected chi connectivity index (χ3v) is 2.26. The van der Waals surface area contributed by atoms with E-state index < -0.39 is 0 Å². The average molecular weight is 186 g/mol. The van der Waals surface area contributed by atoms with Crippen LogP contribution in [0.25, 0.3) is 0 Å². The van der Waals surface area contributed by atoms with Crippen molar-refractivity contribution in [2.75, 3.05) is 13.2 Å². The van der Waals surface area contributed by atoms with Crippen molar-refractivity contribution in [3.05, 3.63) is 0 Å². The van der Waals surface area contributed by atoms with Crippen molar-refractivity contribution in [1.82, 2.24) is 0 Å². The van der Waals surface area contributed by atoms with Crippen molar-refractivity contribution in [2.24, 2.45) is 11.3 Å². The number of hydrogen-bond donors (Lipinski definition) is 0. The Hall–Kier alpha value is -0.0800. The van der Waals surface area contributed by atoms with E-state index in [2.05, 4.69) is 27.7 Å². The molecule has 0 aromatic heterocycles. The zero-order valence-corrected chi connectivity index (χ0v) is 9.30. The van der Waals surface area contributed by atoms with Gasteiger partial charge in [-0.25, -0.2) is 0 Å². The van der Waals surface area contributed by atoms with E-state index in [1.54, 1.807) is 0 Å². The predicted molar refractivity (Wildman–Crippen MR) is 53.5 cm³/mol. The molecule has 0 aliphatic carbocycles. The number of hydrogen-bond acceptors (Lipinski definition) is 2. The van der Waals surface area contributed by atoms with Crippen molar-refractivity contribution in [3.8, 4) is 0 Å². The smallest absolute Gasteiger partial charge is 0.157 e. The number of ether oxygens (including phenoxy) is 2. The molecule has 1 aliphatic rings. The minimum absolute atomic E-state index is 0.0513. The standard InChI is InChI=1S/C11H22O2/c1-9-7-12-10(13-8-9)5-6-11(2,3)4/h9-10H,5-8H2,1-4H3. The van der Waals surface area contributed by atoms with Crippen LogP contribution in [0, 0.1) is 11.3 Å². The largest absolute Gasteiger partial charge is 0.352 e. The molecule has 0 spiro atoms. The topological polar surface area (TPSA) is 18.5 Å². The Morgan fingerprint density at radius 3 is 2.15 bits per heavy atom. The average Bonchev–Trinajstić information content (AvgIpc) is 2.02. The maximum absolute atomic E-state index is 5.56. The van der Waals surface area contributed by atoms with Crippen LogP contribution < -0.4 is 0 Å². The molecule has 1 heterocycles. The molecule has 2 nitrogen and oxygen atoms in total. The van der Waals surface area contributed by atoms with Gasteiger partial charge in [0.2, 0.25) is 0 Å². The predicted octanol–water partition coefficient (Wildman–Crippen LogP) is 2.82. The fraction of sp³-hybridized carbons (Fsp3) is 1.00. The molecular formula is C11H22O2. The molecule has 2 heteroatoms.